The Labute approximate surface area is 165 Å². The summed E-state index contributed by atoms with van der Waals surface area (Å²) < 4.78 is 10.0. The van der Waals surface area contributed by atoms with E-state index in [0.29, 0.717) is 40.3 Å². The molecule has 4 rings (SSSR count). The molecule has 0 radical (unpaired) electrons. The van der Waals surface area contributed by atoms with Gasteiger partial charge in [0.1, 0.15) is 10.6 Å². The fraction of sp³-hybridized carbons (Fsp3) is 0.316. The van der Waals surface area contributed by atoms with Gasteiger partial charge in [-0.25, -0.2) is 4.79 Å². The van der Waals surface area contributed by atoms with Crippen molar-refractivity contribution < 1.29 is 18.8 Å². The first-order valence-corrected chi connectivity index (χ1v) is 9.70. The molecule has 3 aromatic heterocycles. The Morgan fingerprint density at radius 1 is 1.18 bits per heavy atom. The van der Waals surface area contributed by atoms with E-state index in [9.17, 15) is 9.59 Å². The van der Waals surface area contributed by atoms with Crippen LogP contribution in [0.4, 0.5) is 0 Å². The maximum absolute atomic E-state index is 12.7. The van der Waals surface area contributed by atoms with Crippen LogP contribution in [0.3, 0.4) is 0 Å². The highest BCUT2D eigenvalue weighted by Gasteiger charge is 2.28. The summed E-state index contributed by atoms with van der Waals surface area (Å²) in [6, 6.07) is 8.81. The van der Waals surface area contributed by atoms with E-state index in [4.69, 9.17) is 9.26 Å². The summed E-state index contributed by atoms with van der Waals surface area (Å²) in [7, 11) is 1.32. The number of pyridine rings is 1. The number of aromatic nitrogens is 3. The van der Waals surface area contributed by atoms with Gasteiger partial charge >= 0.3 is 5.97 Å². The monoisotopic (exact) mass is 398 g/mol. The number of carbonyl (C=O) groups is 2. The largest absolute Gasteiger partial charge is 0.465 e. The predicted octanol–water partition coefficient (Wildman–Crippen LogP) is 3.00. The van der Waals surface area contributed by atoms with E-state index in [-0.39, 0.29) is 11.8 Å². The predicted molar refractivity (Wildman–Crippen MR) is 101 cm³/mol. The van der Waals surface area contributed by atoms with E-state index in [0.717, 1.165) is 24.2 Å². The first-order valence-electron chi connectivity index (χ1n) is 8.88. The van der Waals surface area contributed by atoms with E-state index in [2.05, 4.69) is 15.1 Å². The molecule has 1 amide bonds. The fourth-order valence-electron chi connectivity index (χ4n) is 3.15. The number of hydrogen-bond donors (Lipinski definition) is 0. The summed E-state index contributed by atoms with van der Waals surface area (Å²) in [5, 5.41) is 4.10. The second-order valence-electron chi connectivity index (χ2n) is 6.39. The van der Waals surface area contributed by atoms with Crippen LogP contribution in [0.5, 0.6) is 0 Å². The fourth-order valence-corrected chi connectivity index (χ4v) is 4.05. The van der Waals surface area contributed by atoms with E-state index >= 15 is 0 Å². The van der Waals surface area contributed by atoms with Crippen molar-refractivity contribution in [3.8, 4) is 11.6 Å². The van der Waals surface area contributed by atoms with Gasteiger partial charge in [0, 0.05) is 25.2 Å². The smallest absolute Gasteiger partial charge is 0.348 e. The van der Waals surface area contributed by atoms with Crippen molar-refractivity contribution in [1.82, 2.24) is 20.0 Å². The second-order valence-corrected chi connectivity index (χ2v) is 7.48. The molecule has 28 heavy (non-hydrogen) atoms. The van der Waals surface area contributed by atoms with Crippen LogP contribution < -0.4 is 0 Å². The molecule has 1 aliphatic heterocycles. The molecule has 1 saturated heterocycles. The Kier molecular flexibility index (Phi) is 5.16. The number of methoxy groups -OCH3 is 1. The number of amides is 1. The first-order chi connectivity index (χ1) is 13.7. The molecule has 0 bridgehead atoms. The second kappa shape index (κ2) is 7.89. The topological polar surface area (TPSA) is 98.4 Å². The molecule has 0 saturated carbocycles. The van der Waals surface area contributed by atoms with Crippen LogP contribution in [-0.4, -0.2) is 52.1 Å². The van der Waals surface area contributed by atoms with Crippen LogP contribution in [0.15, 0.2) is 41.1 Å². The maximum atomic E-state index is 12.7. The number of likely N-dealkylation sites (tertiary alicyclic amines) is 1. The summed E-state index contributed by atoms with van der Waals surface area (Å²) in [5.41, 5.74) is 0.646. The van der Waals surface area contributed by atoms with Crippen LogP contribution >= 0.6 is 11.3 Å². The summed E-state index contributed by atoms with van der Waals surface area (Å²) in [5.74, 6) is 0.698. The van der Waals surface area contributed by atoms with Gasteiger partial charge < -0.3 is 14.2 Å². The van der Waals surface area contributed by atoms with Crippen LogP contribution in [-0.2, 0) is 4.74 Å². The summed E-state index contributed by atoms with van der Waals surface area (Å²) in [6.07, 6.45) is 3.18. The Morgan fingerprint density at radius 2 is 1.96 bits per heavy atom. The molecule has 1 aliphatic rings. The van der Waals surface area contributed by atoms with Crippen molar-refractivity contribution in [2.45, 2.75) is 18.8 Å². The average Bonchev–Trinajstić information content (AvgIpc) is 3.44. The van der Waals surface area contributed by atoms with Gasteiger partial charge in [-0.2, -0.15) is 4.98 Å². The van der Waals surface area contributed by atoms with Crippen LogP contribution in [0.25, 0.3) is 11.6 Å². The van der Waals surface area contributed by atoms with Crippen molar-refractivity contribution >= 4 is 23.2 Å². The van der Waals surface area contributed by atoms with Gasteiger partial charge in [-0.3, -0.25) is 9.78 Å². The van der Waals surface area contributed by atoms with E-state index < -0.39 is 5.97 Å². The number of hydrogen-bond acceptors (Lipinski definition) is 8. The van der Waals surface area contributed by atoms with Crippen LogP contribution in [0.2, 0.25) is 0 Å². The normalized spacial score (nSPS) is 14.8. The highest BCUT2D eigenvalue weighted by molar-refractivity contribution is 7.15. The van der Waals surface area contributed by atoms with Crippen molar-refractivity contribution in [2.24, 2.45) is 0 Å². The van der Waals surface area contributed by atoms with Gasteiger partial charge in [0.25, 0.3) is 11.8 Å². The van der Waals surface area contributed by atoms with Crippen molar-refractivity contribution in [3.05, 3.63) is 52.1 Å². The number of esters is 1. The molecule has 0 unspecified atom stereocenters. The Morgan fingerprint density at radius 3 is 2.68 bits per heavy atom. The third kappa shape index (κ3) is 3.65. The zero-order chi connectivity index (χ0) is 19.5. The lowest BCUT2D eigenvalue weighted by Crippen LogP contribution is -2.37. The standard InChI is InChI=1S/C19H18N4O4S/c1-26-19(25)15-6-5-14(28-15)18(24)23-10-7-12(8-11-23)16-21-17(27-22-16)13-4-2-3-9-20-13/h2-6,9,12H,7-8,10-11H2,1H3. The number of piperidine rings is 1. The Balaban J connectivity index is 1.38. The number of thiophene rings is 1. The minimum Gasteiger partial charge on any atom is -0.465 e. The lowest BCUT2D eigenvalue weighted by Gasteiger charge is -2.30. The Bertz CT molecular complexity index is 977. The van der Waals surface area contributed by atoms with Crippen molar-refractivity contribution in [2.75, 3.05) is 20.2 Å². The minimum atomic E-state index is -0.427. The number of ether oxygens (including phenoxy) is 1. The molecule has 1 fully saturated rings. The molecule has 4 heterocycles. The third-order valence-electron chi connectivity index (χ3n) is 4.68. The van der Waals surface area contributed by atoms with Crippen molar-refractivity contribution in [3.63, 3.8) is 0 Å². The van der Waals surface area contributed by atoms with Gasteiger partial charge in [0.2, 0.25) is 0 Å². The maximum Gasteiger partial charge on any atom is 0.348 e. The molecule has 0 aliphatic carbocycles. The summed E-state index contributed by atoms with van der Waals surface area (Å²) in [6.45, 7) is 1.20. The number of nitrogens with zero attached hydrogens (tertiary/aromatic N) is 4. The highest BCUT2D eigenvalue weighted by Crippen LogP contribution is 2.29. The van der Waals surface area contributed by atoms with E-state index in [1.807, 2.05) is 18.2 Å². The zero-order valence-corrected chi connectivity index (χ0v) is 16.0. The lowest BCUT2D eigenvalue weighted by molar-refractivity contribution is 0.0606. The number of rotatable bonds is 4. The minimum absolute atomic E-state index is 0.0686. The molecule has 144 valence electrons. The summed E-state index contributed by atoms with van der Waals surface area (Å²) >= 11 is 1.15. The first kappa shape index (κ1) is 18.3. The van der Waals surface area contributed by atoms with Gasteiger partial charge in [-0.15, -0.1) is 11.3 Å². The lowest BCUT2D eigenvalue weighted by atomic mass is 9.96. The zero-order valence-electron chi connectivity index (χ0n) is 15.2. The van der Waals surface area contributed by atoms with Crippen molar-refractivity contribution in [1.29, 1.82) is 0 Å². The molecule has 0 N–H and O–H groups in total. The quantitative estimate of drug-likeness (QED) is 0.623. The SMILES string of the molecule is COC(=O)c1ccc(C(=O)N2CCC(c3noc(-c4ccccn4)n3)CC2)s1. The molecule has 9 heteroatoms. The van der Waals surface area contributed by atoms with Crippen LogP contribution in [0, 0.1) is 0 Å². The molecule has 0 atom stereocenters. The third-order valence-corrected chi connectivity index (χ3v) is 5.73. The molecular weight excluding hydrogens is 380 g/mol. The van der Waals surface area contributed by atoms with Gasteiger partial charge in [-0.1, -0.05) is 11.2 Å². The van der Waals surface area contributed by atoms with Gasteiger partial charge in [-0.05, 0) is 37.1 Å². The molecule has 0 spiro atoms. The molecule has 3 aromatic rings. The number of carbonyl (C=O) groups excluding carboxylic acids is 2. The molecule has 0 aromatic carbocycles. The highest BCUT2D eigenvalue weighted by atomic mass is 32.1. The van der Waals surface area contributed by atoms with Gasteiger partial charge in [0.05, 0.1) is 12.0 Å². The molecule has 8 nitrogen and oxygen atoms in total. The Hall–Kier alpha value is -3.07. The summed E-state index contributed by atoms with van der Waals surface area (Å²) in [4.78, 5) is 35.7. The average molecular weight is 398 g/mol. The molecular formula is C19H18N4O4S. The van der Waals surface area contributed by atoms with Gasteiger partial charge in [0.15, 0.2) is 5.82 Å². The van der Waals surface area contributed by atoms with E-state index in [1.165, 1.54) is 7.11 Å². The van der Waals surface area contributed by atoms with E-state index in [1.54, 1.807) is 23.2 Å². The van der Waals surface area contributed by atoms with Crippen LogP contribution in [0.1, 0.15) is 43.9 Å².